The van der Waals surface area contributed by atoms with Crippen LogP contribution in [0.25, 0.3) is 0 Å². The van der Waals surface area contributed by atoms with Crippen LogP contribution in [0.2, 0.25) is 5.02 Å². The molecule has 0 radical (unpaired) electrons. The minimum atomic E-state index is -0.152. The lowest BCUT2D eigenvalue weighted by Gasteiger charge is -2.25. The highest BCUT2D eigenvalue weighted by atomic mass is 35.5. The molecule has 1 aromatic heterocycles. The highest BCUT2D eigenvalue weighted by Crippen LogP contribution is 2.27. The van der Waals surface area contributed by atoms with Crippen molar-refractivity contribution in [2.24, 2.45) is 18.9 Å². The van der Waals surface area contributed by atoms with Crippen molar-refractivity contribution in [1.29, 1.82) is 0 Å². The Bertz CT molecular complexity index is 517. The zero-order valence-electron chi connectivity index (χ0n) is 13.7. The van der Waals surface area contributed by atoms with E-state index in [4.69, 9.17) is 16.7 Å². The number of aromatic nitrogens is 2. The van der Waals surface area contributed by atoms with Gasteiger partial charge < -0.3 is 20.0 Å². The number of aliphatic hydroxyl groups excluding tert-OH is 2. The molecule has 8 heteroatoms. The average Bonchev–Trinajstić information content (AvgIpc) is 3.09. The molecule has 2 N–H and O–H groups in total. The SMILES string of the molecule is CCN(CCO)C[C@@H]1CN(C(=O)c2c(Cl)cnn2C)C[C@@H]1CO. The quantitative estimate of drug-likeness (QED) is 0.731. The van der Waals surface area contributed by atoms with Crippen LogP contribution in [0.3, 0.4) is 0 Å². The summed E-state index contributed by atoms with van der Waals surface area (Å²) in [5.41, 5.74) is 0.381. The van der Waals surface area contributed by atoms with Crippen LogP contribution >= 0.6 is 11.6 Å². The van der Waals surface area contributed by atoms with E-state index < -0.39 is 0 Å². The van der Waals surface area contributed by atoms with E-state index in [1.807, 2.05) is 6.92 Å². The Morgan fingerprint density at radius 3 is 2.65 bits per heavy atom. The summed E-state index contributed by atoms with van der Waals surface area (Å²) in [6, 6.07) is 0. The number of nitrogens with zero attached hydrogens (tertiary/aromatic N) is 4. The first-order chi connectivity index (χ1) is 11.0. The summed E-state index contributed by atoms with van der Waals surface area (Å²) >= 11 is 6.06. The normalized spacial score (nSPS) is 21.4. The third kappa shape index (κ3) is 4.03. The molecule has 1 amide bonds. The predicted octanol–water partition coefficient (Wildman–Crippen LogP) is 0.0682. The van der Waals surface area contributed by atoms with E-state index in [-0.39, 0.29) is 31.0 Å². The minimum absolute atomic E-state index is 0.0405. The van der Waals surface area contributed by atoms with Crippen LogP contribution in [0.4, 0.5) is 0 Å². The molecule has 0 saturated carbocycles. The van der Waals surface area contributed by atoms with Crippen molar-refractivity contribution < 1.29 is 15.0 Å². The van der Waals surface area contributed by atoms with E-state index in [2.05, 4.69) is 10.00 Å². The molecule has 2 atom stereocenters. The zero-order valence-corrected chi connectivity index (χ0v) is 14.4. The van der Waals surface area contributed by atoms with Gasteiger partial charge >= 0.3 is 0 Å². The number of amides is 1. The summed E-state index contributed by atoms with van der Waals surface area (Å²) in [6.45, 7) is 5.47. The van der Waals surface area contributed by atoms with E-state index >= 15 is 0 Å². The number of carbonyl (C=O) groups is 1. The van der Waals surface area contributed by atoms with Crippen LogP contribution in [0.1, 0.15) is 17.4 Å². The number of hydrogen-bond acceptors (Lipinski definition) is 5. The van der Waals surface area contributed by atoms with Gasteiger partial charge in [-0.1, -0.05) is 18.5 Å². The van der Waals surface area contributed by atoms with Crippen LogP contribution in [0.5, 0.6) is 0 Å². The minimum Gasteiger partial charge on any atom is -0.396 e. The summed E-state index contributed by atoms with van der Waals surface area (Å²) < 4.78 is 1.48. The summed E-state index contributed by atoms with van der Waals surface area (Å²) in [4.78, 5) is 16.6. The third-order valence-corrected chi connectivity index (χ3v) is 4.83. The first-order valence-corrected chi connectivity index (χ1v) is 8.30. The van der Waals surface area contributed by atoms with E-state index in [0.29, 0.717) is 30.4 Å². The molecule has 1 saturated heterocycles. The van der Waals surface area contributed by atoms with Gasteiger partial charge in [0.05, 0.1) is 17.8 Å². The summed E-state index contributed by atoms with van der Waals surface area (Å²) in [5, 5.41) is 23.1. The van der Waals surface area contributed by atoms with Gasteiger partial charge in [-0.3, -0.25) is 9.48 Å². The van der Waals surface area contributed by atoms with Gasteiger partial charge in [-0.05, 0) is 12.5 Å². The number of rotatable bonds is 7. The fraction of sp³-hybridized carbons (Fsp3) is 0.733. The molecule has 1 aromatic rings. The molecule has 0 aromatic carbocycles. The molecule has 1 aliphatic heterocycles. The highest BCUT2D eigenvalue weighted by Gasteiger charge is 2.37. The van der Waals surface area contributed by atoms with Crippen molar-refractivity contribution in [3.8, 4) is 0 Å². The fourth-order valence-corrected chi connectivity index (χ4v) is 3.42. The zero-order chi connectivity index (χ0) is 17.0. The molecule has 0 aliphatic carbocycles. The molecule has 1 fully saturated rings. The number of likely N-dealkylation sites (tertiary alicyclic amines) is 1. The van der Waals surface area contributed by atoms with Gasteiger partial charge in [0.2, 0.25) is 0 Å². The van der Waals surface area contributed by atoms with Crippen molar-refractivity contribution >= 4 is 17.5 Å². The van der Waals surface area contributed by atoms with Crippen molar-refractivity contribution in [1.82, 2.24) is 19.6 Å². The second kappa shape index (κ2) is 8.10. The van der Waals surface area contributed by atoms with Crippen molar-refractivity contribution in [3.05, 3.63) is 16.9 Å². The molecular formula is C15H25ClN4O3. The van der Waals surface area contributed by atoms with Gasteiger partial charge in [-0.15, -0.1) is 0 Å². The monoisotopic (exact) mass is 344 g/mol. The summed E-state index contributed by atoms with van der Waals surface area (Å²) in [7, 11) is 1.69. The van der Waals surface area contributed by atoms with Crippen molar-refractivity contribution in [3.63, 3.8) is 0 Å². The van der Waals surface area contributed by atoms with Crippen LogP contribution in [0, 0.1) is 11.8 Å². The van der Waals surface area contributed by atoms with Gasteiger partial charge in [-0.25, -0.2) is 0 Å². The van der Waals surface area contributed by atoms with Gasteiger partial charge in [0.25, 0.3) is 5.91 Å². The standard InChI is InChI=1S/C15H25ClN4O3/c1-3-19(4-5-21)7-11-8-20(9-12(11)10-22)15(23)14-13(16)6-17-18(14)2/h6,11-12,21-22H,3-5,7-10H2,1-2H3/t11-,12-/m1/s1. The second-order valence-electron chi connectivity index (χ2n) is 5.99. The maximum Gasteiger partial charge on any atom is 0.273 e. The van der Waals surface area contributed by atoms with Gasteiger partial charge in [0.1, 0.15) is 5.69 Å². The number of aliphatic hydroxyl groups is 2. The number of likely N-dealkylation sites (N-methyl/N-ethyl adjacent to an activating group) is 1. The molecule has 1 aliphatic rings. The first kappa shape index (κ1) is 18.2. The first-order valence-electron chi connectivity index (χ1n) is 7.92. The lowest BCUT2D eigenvalue weighted by molar-refractivity contribution is 0.0767. The van der Waals surface area contributed by atoms with E-state index in [0.717, 1.165) is 13.1 Å². The van der Waals surface area contributed by atoms with E-state index in [1.165, 1.54) is 10.9 Å². The predicted molar refractivity (Wildman–Crippen MR) is 87.4 cm³/mol. The molecule has 2 heterocycles. The number of aryl methyl sites for hydroxylation is 1. The summed E-state index contributed by atoms with van der Waals surface area (Å²) in [5.74, 6) is 0.0716. The number of halogens is 1. The third-order valence-electron chi connectivity index (χ3n) is 4.55. The van der Waals surface area contributed by atoms with E-state index in [9.17, 15) is 9.90 Å². The molecule has 0 unspecified atom stereocenters. The number of hydrogen-bond donors (Lipinski definition) is 2. The van der Waals surface area contributed by atoms with Crippen LogP contribution in [-0.2, 0) is 7.05 Å². The highest BCUT2D eigenvalue weighted by molar-refractivity contribution is 6.33. The smallest absolute Gasteiger partial charge is 0.273 e. The lowest BCUT2D eigenvalue weighted by Crippen LogP contribution is -2.36. The molecule has 0 bridgehead atoms. The summed E-state index contributed by atoms with van der Waals surface area (Å²) in [6.07, 6.45) is 1.46. The lowest BCUT2D eigenvalue weighted by atomic mass is 9.96. The fourth-order valence-electron chi connectivity index (χ4n) is 3.17. The van der Waals surface area contributed by atoms with Crippen LogP contribution in [0.15, 0.2) is 6.20 Å². The molecule has 0 spiro atoms. The molecule has 23 heavy (non-hydrogen) atoms. The van der Waals surface area contributed by atoms with Gasteiger partial charge in [0, 0.05) is 45.8 Å². The largest absolute Gasteiger partial charge is 0.396 e. The Morgan fingerprint density at radius 1 is 1.43 bits per heavy atom. The second-order valence-corrected chi connectivity index (χ2v) is 6.40. The topological polar surface area (TPSA) is 81.8 Å². The van der Waals surface area contributed by atoms with Crippen molar-refractivity contribution in [2.75, 3.05) is 45.9 Å². The van der Waals surface area contributed by atoms with Gasteiger partial charge in [-0.2, -0.15) is 5.10 Å². The Balaban J connectivity index is 2.07. The van der Waals surface area contributed by atoms with E-state index in [1.54, 1.807) is 11.9 Å². The Morgan fingerprint density at radius 2 is 2.13 bits per heavy atom. The Hall–Kier alpha value is -1.15. The van der Waals surface area contributed by atoms with Crippen LogP contribution in [-0.4, -0.2) is 81.6 Å². The number of carbonyl (C=O) groups excluding carboxylic acids is 1. The molecular weight excluding hydrogens is 320 g/mol. The Labute approximate surface area is 141 Å². The average molecular weight is 345 g/mol. The molecule has 130 valence electrons. The van der Waals surface area contributed by atoms with Crippen molar-refractivity contribution in [2.45, 2.75) is 6.92 Å². The van der Waals surface area contributed by atoms with Crippen LogP contribution < -0.4 is 0 Å². The molecule has 7 nitrogen and oxygen atoms in total. The maximum atomic E-state index is 12.7. The maximum absolute atomic E-state index is 12.7. The Kier molecular flexibility index (Phi) is 6.41. The van der Waals surface area contributed by atoms with Gasteiger partial charge in [0.15, 0.2) is 0 Å². The molecule has 2 rings (SSSR count).